The second-order valence-corrected chi connectivity index (χ2v) is 7.45. The number of carbonyl (C=O) groups is 1. The van der Waals surface area contributed by atoms with Crippen molar-refractivity contribution in [1.29, 1.82) is 0 Å². The molecular weight excluding hydrogens is 388 g/mol. The molecule has 0 bridgehead atoms. The quantitative estimate of drug-likeness (QED) is 0.604. The van der Waals surface area contributed by atoms with E-state index in [0.29, 0.717) is 18.9 Å². The number of aromatic nitrogens is 3. The molecule has 8 heteroatoms. The van der Waals surface area contributed by atoms with Crippen LogP contribution < -0.4 is 14.8 Å². The molecule has 1 N–H and O–H groups in total. The molecular formula is C21H22N4O3S. The molecule has 150 valence electrons. The Hall–Kier alpha value is -3.00. The van der Waals surface area contributed by atoms with E-state index in [1.54, 1.807) is 0 Å². The van der Waals surface area contributed by atoms with E-state index in [-0.39, 0.29) is 17.8 Å². The van der Waals surface area contributed by atoms with Gasteiger partial charge in [0, 0.05) is 12.1 Å². The first-order valence-corrected chi connectivity index (χ1v) is 10.5. The molecule has 4 rings (SSSR count). The standard InChI is InChI=1S/C21H22N4O3S/c1-2-25-20(15-8-4-3-5-9-15)23-24-21(25)29-14-19(26)22-12-16-13-27-17-10-6-7-11-18(17)28-16/h3-11,16H,2,12-14H2,1H3,(H,22,26)/t16-/m1/s1. The maximum Gasteiger partial charge on any atom is 0.230 e. The van der Waals surface area contributed by atoms with Crippen LogP contribution in [0.25, 0.3) is 11.4 Å². The van der Waals surface area contributed by atoms with Crippen molar-refractivity contribution in [2.24, 2.45) is 0 Å². The summed E-state index contributed by atoms with van der Waals surface area (Å²) >= 11 is 1.38. The largest absolute Gasteiger partial charge is 0.486 e. The SMILES string of the molecule is CCn1c(SCC(=O)NC[C@@H]2COc3ccccc3O2)nnc1-c1ccccc1. The smallest absolute Gasteiger partial charge is 0.230 e. The van der Waals surface area contributed by atoms with Gasteiger partial charge in [-0.3, -0.25) is 4.79 Å². The molecule has 1 atom stereocenters. The number of ether oxygens (including phenoxy) is 2. The molecule has 0 radical (unpaired) electrons. The number of amides is 1. The predicted octanol–water partition coefficient (Wildman–Crippen LogP) is 3.01. The first kappa shape index (κ1) is 19.3. The average molecular weight is 410 g/mol. The lowest BCUT2D eigenvalue weighted by molar-refractivity contribution is -0.119. The van der Waals surface area contributed by atoms with E-state index in [1.807, 2.05) is 66.1 Å². The van der Waals surface area contributed by atoms with Crippen LogP contribution in [0.2, 0.25) is 0 Å². The van der Waals surface area contributed by atoms with Crippen LogP contribution in [-0.2, 0) is 11.3 Å². The fourth-order valence-corrected chi connectivity index (χ4v) is 3.89. The van der Waals surface area contributed by atoms with Crippen molar-refractivity contribution < 1.29 is 14.3 Å². The maximum atomic E-state index is 12.3. The lowest BCUT2D eigenvalue weighted by Crippen LogP contribution is -2.41. The molecule has 1 aliphatic rings. The van der Waals surface area contributed by atoms with Gasteiger partial charge in [-0.05, 0) is 19.1 Å². The summed E-state index contributed by atoms with van der Waals surface area (Å²) in [5, 5.41) is 12.2. The highest BCUT2D eigenvalue weighted by Crippen LogP contribution is 2.30. The van der Waals surface area contributed by atoms with Gasteiger partial charge in [-0.1, -0.05) is 54.2 Å². The highest BCUT2D eigenvalue weighted by atomic mass is 32.2. The Balaban J connectivity index is 1.30. The van der Waals surface area contributed by atoms with Gasteiger partial charge in [0.1, 0.15) is 12.7 Å². The first-order chi connectivity index (χ1) is 14.2. The van der Waals surface area contributed by atoms with Crippen LogP contribution in [0, 0.1) is 0 Å². The van der Waals surface area contributed by atoms with Crippen LogP contribution in [0.5, 0.6) is 11.5 Å². The second-order valence-electron chi connectivity index (χ2n) is 6.51. The van der Waals surface area contributed by atoms with Crippen molar-refractivity contribution >= 4 is 17.7 Å². The van der Waals surface area contributed by atoms with Crippen molar-refractivity contribution in [2.45, 2.75) is 24.7 Å². The normalized spacial score (nSPS) is 15.1. The summed E-state index contributed by atoms with van der Waals surface area (Å²) in [4.78, 5) is 12.3. The number of hydrogen-bond acceptors (Lipinski definition) is 6. The summed E-state index contributed by atoms with van der Waals surface area (Å²) in [6, 6.07) is 17.4. The van der Waals surface area contributed by atoms with Crippen LogP contribution in [0.3, 0.4) is 0 Å². The number of para-hydroxylation sites is 2. The summed E-state index contributed by atoms with van der Waals surface area (Å²) in [5.41, 5.74) is 1.01. The summed E-state index contributed by atoms with van der Waals surface area (Å²) < 4.78 is 13.5. The van der Waals surface area contributed by atoms with Gasteiger partial charge < -0.3 is 19.4 Å². The number of thioether (sulfide) groups is 1. The minimum atomic E-state index is -0.206. The van der Waals surface area contributed by atoms with Crippen LogP contribution in [-0.4, -0.2) is 45.7 Å². The number of nitrogens with one attached hydrogen (secondary N) is 1. The number of carbonyl (C=O) groups excluding carboxylic acids is 1. The Morgan fingerprint density at radius 3 is 2.69 bits per heavy atom. The topological polar surface area (TPSA) is 78.3 Å². The minimum absolute atomic E-state index is 0.0793. The molecule has 7 nitrogen and oxygen atoms in total. The molecule has 1 aromatic heterocycles. The van der Waals surface area contributed by atoms with E-state index in [2.05, 4.69) is 15.5 Å². The van der Waals surface area contributed by atoms with Crippen molar-refractivity contribution in [3.63, 3.8) is 0 Å². The van der Waals surface area contributed by atoms with Gasteiger partial charge in [-0.2, -0.15) is 0 Å². The molecule has 29 heavy (non-hydrogen) atoms. The number of hydrogen-bond donors (Lipinski definition) is 1. The van der Waals surface area contributed by atoms with Crippen molar-refractivity contribution in [3.05, 3.63) is 54.6 Å². The van der Waals surface area contributed by atoms with Crippen molar-refractivity contribution in [3.8, 4) is 22.9 Å². The number of nitrogens with zero attached hydrogens (tertiary/aromatic N) is 3. The van der Waals surface area contributed by atoms with Crippen LogP contribution >= 0.6 is 11.8 Å². The molecule has 0 saturated carbocycles. The van der Waals surface area contributed by atoms with Crippen LogP contribution in [0.1, 0.15) is 6.92 Å². The van der Waals surface area contributed by atoms with E-state index >= 15 is 0 Å². The zero-order valence-electron chi connectivity index (χ0n) is 16.1. The van der Waals surface area contributed by atoms with Gasteiger partial charge in [0.25, 0.3) is 0 Å². The average Bonchev–Trinajstić information content (AvgIpc) is 3.19. The molecule has 1 aliphatic heterocycles. The van der Waals surface area contributed by atoms with E-state index in [1.165, 1.54) is 11.8 Å². The van der Waals surface area contributed by atoms with E-state index in [0.717, 1.165) is 28.8 Å². The fraction of sp³-hybridized carbons (Fsp3) is 0.286. The number of rotatable bonds is 7. The third kappa shape index (κ3) is 4.54. The van der Waals surface area contributed by atoms with Crippen molar-refractivity contribution in [1.82, 2.24) is 20.1 Å². The molecule has 0 fully saturated rings. The van der Waals surface area contributed by atoms with Gasteiger partial charge in [0.15, 0.2) is 22.5 Å². The third-order valence-corrected chi connectivity index (χ3v) is 5.46. The molecule has 0 unspecified atom stereocenters. The monoisotopic (exact) mass is 410 g/mol. The number of fused-ring (bicyclic) bond motifs is 1. The van der Waals surface area contributed by atoms with Gasteiger partial charge >= 0.3 is 0 Å². The highest BCUT2D eigenvalue weighted by Gasteiger charge is 2.21. The Kier molecular flexibility index (Phi) is 6.00. The summed E-state index contributed by atoms with van der Waals surface area (Å²) in [7, 11) is 0. The Morgan fingerprint density at radius 1 is 1.14 bits per heavy atom. The summed E-state index contributed by atoms with van der Waals surface area (Å²) in [6.07, 6.45) is -0.206. The first-order valence-electron chi connectivity index (χ1n) is 9.51. The lowest BCUT2D eigenvalue weighted by Gasteiger charge is -2.26. The molecule has 2 heterocycles. The summed E-state index contributed by atoms with van der Waals surface area (Å²) in [6.45, 7) is 3.57. The predicted molar refractivity (Wildman–Crippen MR) is 111 cm³/mol. The maximum absolute atomic E-state index is 12.3. The minimum Gasteiger partial charge on any atom is -0.486 e. The van der Waals surface area contributed by atoms with Gasteiger partial charge in [0.2, 0.25) is 5.91 Å². The van der Waals surface area contributed by atoms with Crippen molar-refractivity contribution in [2.75, 3.05) is 18.9 Å². The zero-order valence-corrected chi connectivity index (χ0v) is 16.9. The Labute approximate surface area is 173 Å². The van der Waals surface area contributed by atoms with Gasteiger partial charge in [0.05, 0.1) is 12.3 Å². The Bertz CT molecular complexity index is 977. The molecule has 0 aliphatic carbocycles. The molecule has 3 aromatic rings. The molecule has 2 aromatic carbocycles. The Morgan fingerprint density at radius 2 is 1.90 bits per heavy atom. The van der Waals surface area contributed by atoms with E-state index in [4.69, 9.17) is 9.47 Å². The molecule has 1 amide bonds. The van der Waals surface area contributed by atoms with Crippen LogP contribution in [0.4, 0.5) is 0 Å². The van der Waals surface area contributed by atoms with E-state index in [9.17, 15) is 4.79 Å². The second kappa shape index (κ2) is 9.00. The fourth-order valence-electron chi connectivity index (χ4n) is 3.05. The third-order valence-electron chi connectivity index (χ3n) is 4.49. The number of benzene rings is 2. The van der Waals surface area contributed by atoms with Crippen LogP contribution in [0.15, 0.2) is 59.8 Å². The van der Waals surface area contributed by atoms with Gasteiger partial charge in [-0.25, -0.2) is 0 Å². The zero-order chi connectivity index (χ0) is 20.1. The van der Waals surface area contributed by atoms with E-state index < -0.39 is 0 Å². The molecule has 0 spiro atoms. The summed E-state index contributed by atoms with van der Waals surface area (Å²) in [5.74, 6) is 2.43. The lowest BCUT2D eigenvalue weighted by atomic mass is 10.2. The highest BCUT2D eigenvalue weighted by molar-refractivity contribution is 7.99. The molecule has 0 saturated heterocycles. The van der Waals surface area contributed by atoms with Gasteiger partial charge in [-0.15, -0.1) is 10.2 Å².